The Morgan fingerprint density at radius 2 is 1.91 bits per heavy atom. The summed E-state index contributed by atoms with van der Waals surface area (Å²) in [6.07, 6.45) is -7.74. The molecule has 0 radical (unpaired) electrons. The summed E-state index contributed by atoms with van der Waals surface area (Å²) in [5, 5.41) is 8.25. The van der Waals surface area contributed by atoms with E-state index in [9.17, 15) is 30.4 Å². The van der Waals surface area contributed by atoms with Gasteiger partial charge in [-0.15, -0.1) is 0 Å². The second-order valence-electron chi connectivity index (χ2n) is 4.40. The summed E-state index contributed by atoms with van der Waals surface area (Å²) in [7, 11) is -4.44. The van der Waals surface area contributed by atoms with Crippen molar-refractivity contribution < 1.29 is 30.4 Å². The van der Waals surface area contributed by atoms with Crippen LogP contribution in [0.25, 0.3) is 0 Å². The van der Waals surface area contributed by atoms with Crippen LogP contribution in [0.1, 0.15) is 11.1 Å². The van der Waals surface area contributed by atoms with Gasteiger partial charge in [0.25, 0.3) is 6.43 Å². The highest BCUT2D eigenvalue weighted by Gasteiger charge is 2.32. The summed E-state index contributed by atoms with van der Waals surface area (Å²) in [4.78, 5) is 0. The molecule has 0 atom stereocenters. The lowest BCUT2D eigenvalue weighted by Crippen LogP contribution is -2.36. The highest BCUT2D eigenvalue weighted by Crippen LogP contribution is 2.32. The van der Waals surface area contributed by atoms with E-state index >= 15 is 0 Å². The molecule has 0 aliphatic heterocycles. The molecule has 1 aromatic carbocycles. The molecule has 4 nitrogen and oxygen atoms in total. The largest absolute Gasteiger partial charge is 0.416 e. The predicted octanol–water partition coefficient (Wildman–Crippen LogP) is 3.28. The zero-order chi connectivity index (χ0) is 17.8. The first-order valence-corrected chi connectivity index (χ1v) is 7.94. The molecule has 0 fully saturated rings. The molecule has 0 amide bonds. The van der Waals surface area contributed by atoms with Gasteiger partial charge in [0.05, 0.1) is 23.9 Å². The summed E-state index contributed by atoms with van der Waals surface area (Å²) in [6.45, 7) is -2.07. The van der Waals surface area contributed by atoms with Crippen LogP contribution in [0.5, 0.6) is 0 Å². The smallest absolute Gasteiger partial charge is 0.212 e. The Kier molecular flexibility index (Phi) is 6.33. The third-order valence-corrected chi connectivity index (χ3v) is 4.80. The average molecular weight is 377 g/mol. The summed E-state index contributed by atoms with van der Waals surface area (Å²) < 4.78 is 87.0. The van der Waals surface area contributed by atoms with E-state index in [1.807, 2.05) is 0 Å². The quantitative estimate of drug-likeness (QED) is 0.565. The number of nitrogens with zero attached hydrogens (tertiary/aromatic N) is 2. The van der Waals surface area contributed by atoms with Crippen LogP contribution in [0.2, 0.25) is 5.02 Å². The Hall–Kier alpha value is -1.44. The molecule has 11 heteroatoms. The van der Waals surface area contributed by atoms with Gasteiger partial charge in [0, 0.05) is 5.02 Å². The van der Waals surface area contributed by atoms with Gasteiger partial charge >= 0.3 is 6.18 Å². The van der Waals surface area contributed by atoms with E-state index in [0.29, 0.717) is 12.1 Å². The van der Waals surface area contributed by atoms with Crippen LogP contribution in [0.15, 0.2) is 18.2 Å². The van der Waals surface area contributed by atoms with Crippen LogP contribution in [0, 0.1) is 11.3 Å². The van der Waals surface area contributed by atoms with E-state index in [1.54, 1.807) is 0 Å². The molecule has 0 saturated carbocycles. The van der Waals surface area contributed by atoms with Gasteiger partial charge in [-0.3, -0.25) is 0 Å². The zero-order valence-electron chi connectivity index (χ0n) is 11.3. The molecule has 0 aromatic heterocycles. The highest BCUT2D eigenvalue weighted by molar-refractivity contribution is 7.88. The standard InChI is InChI=1S/C12H10ClF5N2O2S/c13-10-2-1-9(12(16,17)18)5-8(10)7-23(21,22)20(4-3-19)6-11(14)15/h1-2,5,11H,4,6-7H2. The van der Waals surface area contributed by atoms with Crippen LogP contribution < -0.4 is 0 Å². The van der Waals surface area contributed by atoms with Crippen molar-refractivity contribution in [2.45, 2.75) is 18.4 Å². The molecular weight excluding hydrogens is 367 g/mol. The summed E-state index contributed by atoms with van der Waals surface area (Å²) in [6, 6.07) is 3.49. The van der Waals surface area contributed by atoms with Crippen LogP contribution in [-0.4, -0.2) is 32.2 Å². The minimum absolute atomic E-state index is 0.203. The maximum Gasteiger partial charge on any atom is 0.416 e. The van der Waals surface area contributed by atoms with Crippen LogP contribution in [-0.2, 0) is 22.0 Å². The Morgan fingerprint density at radius 3 is 2.39 bits per heavy atom. The second-order valence-corrected chi connectivity index (χ2v) is 6.78. The SMILES string of the molecule is N#CCN(CC(F)F)S(=O)(=O)Cc1cc(C(F)(F)F)ccc1Cl. The number of hydrogen-bond donors (Lipinski definition) is 0. The number of halogens is 6. The molecular formula is C12H10ClF5N2O2S. The van der Waals surface area contributed by atoms with Crippen molar-refractivity contribution in [1.29, 1.82) is 5.26 Å². The van der Waals surface area contributed by atoms with E-state index < -0.39 is 52.6 Å². The summed E-state index contributed by atoms with van der Waals surface area (Å²) in [5.41, 5.74) is -1.51. The van der Waals surface area contributed by atoms with Gasteiger partial charge in [0.2, 0.25) is 10.0 Å². The first-order chi connectivity index (χ1) is 10.5. The number of nitriles is 1. The van der Waals surface area contributed by atoms with Gasteiger partial charge < -0.3 is 0 Å². The number of rotatable bonds is 6. The van der Waals surface area contributed by atoms with Crippen molar-refractivity contribution in [3.05, 3.63) is 34.3 Å². The molecule has 23 heavy (non-hydrogen) atoms. The van der Waals surface area contributed by atoms with Crippen molar-refractivity contribution in [3.63, 3.8) is 0 Å². The zero-order valence-corrected chi connectivity index (χ0v) is 12.9. The fourth-order valence-corrected chi connectivity index (χ4v) is 3.33. The molecule has 0 aliphatic rings. The Labute approximate surface area is 134 Å². The molecule has 0 bridgehead atoms. The maximum absolute atomic E-state index is 12.6. The van der Waals surface area contributed by atoms with E-state index in [2.05, 4.69) is 0 Å². The normalized spacial score (nSPS) is 12.7. The Balaban J connectivity index is 3.16. The lowest BCUT2D eigenvalue weighted by Gasteiger charge is -2.19. The fraction of sp³-hybridized carbons (Fsp3) is 0.417. The third kappa shape index (κ3) is 5.60. The molecule has 0 unspecified atom stereocenters. The second kappa shape index (κ2) is 7.42. The van der Waals surface area contributed by atoms with Crippen molar-refractivity contribution in [2.75, 3.05) is 13.1 Å². The molecule has 0 saturated heterocycles. The van der Waals surface area contributed by atoms with Gasteiger partial charge in [-0.2, -0.15) is 22.7 Å². The minimum atomic E-state index is -4.71. The first-order valence-electron chi connectivity index (χ1n) is 5.96. The van der Waals surface area contributed by atoms with E-state index in [-0.39, 0.29) is 9.33 Å². The number of benzene rings is 1. The van der Waals surface area contributed by atoms with Crippen molar-refractivity contribution >= 4 is 21.6 Å². The van der Waals surface area contributed by atoms with E-state index in [0.717, 1.165) is 6.07 Å². The molecule has 0 spiro atoms. The van der Waals surface area contributed by atoms with E-state index in [1.165, 1.54) is 6.07 Å². The maximum atomic E-state index is 12.6. The van der Waals surface area contributed by atoms with Crippen molar-refractivity contribution in [2.24, 2.45) is 0 Å². The van der Waals surface area contributed by atoms with E-state index in [4.69, 9.17) is 16.9 Å². The average Bonchev–Trinajstić information content (AvgIpc) is 2.39. The molecule has 128 valence electrons. The number of alkyl halides is 5. The minimum Gasteiger partial charge on any atom is -0.212 e. The molecule has 1 rings (SSSR count). The molecule has 1 aromatic rings. The summed E-state index contributed by atoms with van der Waals surface area (Å²) >= 11 is 5.68. The van der Waals surface area contributed by atoms with Gasteiger partial charge in [-0.1, -0.05) is 11.6 Å². The Bertz CT molecular complexity index is 700. The number of sulfonamides is 1. The van der Waals surface area contributed by atoms with Crippen molar-refractivity contribution in [1.82, 2.24) is 4.31 Å². The van der Waals surface area contributed by atoms with Crippen LogP contribution in [0.3, 0.4) is 0 Å². The molecule has 0 N–H and O–H groups in total. The van der Waals surface area contributed by atoms with Gasteiger partial charge in [-0.25, -0.2) is 17.2 Å². The van der Waals surface area contributed by atoms with Gasteiger partial charge in [-0.05, 0) is 23.8 Å². The third-order valence-electron chi connectivity index (χ3n) is 2.69. The lowest BCUT2D eigenvalue weighted by molar-refractivity contribution is -0.137. The Morgan fingerprint density at radius 1 is 1.30 bits per heavy atom. The van der Waals surface area contributed by atoms with Gasteiger partial charge in [0.15, 0.2) is 0 Å². The van der Waals surface area contributed by atoms with Crippen LogP contribution >= 0.6 is 11.6 Å². The van der Waals surface area contributed by atoms with Gasteiger partial charge in [0.1, 0.15) is 6.54 Å². The lowest BCUT2D eigenvalue weighted by atomic mass is 10.1. The number of hydrogen-bond acceptors (Lipinski definition) is 3. The molecule has 0 aliphatic carbocycles. The van der Waals surface area contributed by atoms with Crippen molar-refractivity contribution in [3.8, 4) is 6.07 Å². The fourth-order valence-electron chi connectivity index (χ4n) is 1.66. The monoisotopic (exact) mass is 376 g/mol. The van der Waals surface area contributed by atoms with Crippen LogP contribution in [0.4, 0.5) is 22.0 Å². The molecule has 0 heterocycles. The topological polar surface area (TPSA) is 61.2 Å². The summed E-state index contributed by atoms with van der Waals surface area (Å²) in [5.74, 6) is -1.02. The predicted molar refractivity (Wildman–Crippen MR) is 72.3 cm³/mol. The first kappa shape index (κ1) is 19.6. The highest BCUT2D eigenvalue weighted by atomic mass is 35.5.